The third-order valence-electron chi connectivity index (χ3n) is 17.6. The number of carbonyl (C=O) groups is 2. The monoisotopic (exact) mass is 1130 g/mol. The average molecular weight is 1130 g/mol. The SMILES string of the molecule is CC(C)C1=[N+](C)c2ccc(CNC(=O)CCOCCCO)cc2C1(C)C.CC(C)C1=[N+](C)c2ccccc2C1(C)C.CC(C)C1N(C)c2ccccc2C1(C)C.COCCOCCC(=O)NCc1ccc2c(c1)C(C)(C)C(C(C)C)N2C. The number of fused-ring (bicyclic) bond motifs is 4. The van der Waals surface area contributed by atoms with Gasteiger partial charge in [-0.1, -0.05) is 138 Å². The molecule has 4 aliphatic heterocycles. The minimum Gasteiger partial charge on any atom is -0.396 e. The van der Waals surface area contributed by atoms with Crippen molar-refractivity contribution < 1.29 is 38.1 Å². The lowest BCUT2D eigenvalue weighted by Gasteiger charge is -2.35. The van der Waals surface area contributed by atoms with Gasteiger partial charge >= 0.3 is 0 Å². The summed E-state index contributed by atoms with van der Waals surface area (Å²) >= 11 is 0. The van der Waals surface area contributed by atoms with Gasteiger partial charge in [-0.05, 0) is 86.4 Å². The quantitative estimate of drug-likeness (QED) is 0.0592. The summed E-state index contributed by atoms with van der Waals surface area (Å²) in [6.45, 7) is 40.4. The molecular formula is C70H108N6O6+2. The van der Waals surface area contributed by atoms with E-state index in [4.69, 9.17) is 19.3 Å². The Bertz CT molecular complexity index is 2800. The Balaban J connectivity index is 0.000000207. The van der Waals surface area contributed by atoms with E-state index < -0.39 is 0 Å². The molecule has 4 heterocycles. The number of methoxy groups -OCH3 is 1. The molecule has 8 rings (SSSR count). The first-order valence-electron chi connectivity index (χ1n) is 30.4. The van der Waals surface area contributed by atoms with Crippen LogP contribution in [-0.4, -0.2) is 125 Å². The molecule has 0 spiro atoms. The van der Waals surface area contributed by atoms with Crippen LogP contribution in [0.5, 0.6) is 0 Å². The lowest BCUT2D eigenvalue weighted by atomic mass is 9.76. The summed E-state index contributed by atoms with van der Waals surface area (Å²) in [7, 11) is 10.4. The third-order valence-corrected chi connectivity index (χ3v) is 17.6. The number of benzene rings is 4. The molecule has 2 atom stereocenters. The van der Waals surface area contributed by atoms with Crippen LogP contribution in [-0.2, 0) is 58.5 Å². The van der Waals surface area contributed by atoms with Gasteiger partial charge < -0.3 is 39.8 Å². The van der Waals surface area contributed by atoms with Gasteiger partial charge in [0.2, 0.25) is 23.2 Å². The smallest absolute Gasteiger partial charge is 0.222 e. The number of anilines is 2. The van der Waals surface area contributed by atoms with Crippen LogP contribution in [0.2, 0.25) is 0 Å². The molecule has 0 saturated carbocycles. The second kappa shape index (κ2) is 28.9. The number of aliphatic hydroxyl groups is 1. The molecule has 82 heavy (non-hydrogen) atoms. The van der Waals surface area contributed by atoms with Crippen molar-refractivity contribution in [3.8, 4) is 0 Å². The highest BCUT2D eigenvalue weighted by atomic mass is 16.5. The van der Waals surface area contributed by atoms with Crippen LogP contribution < -0.4 is 20.4 Å². The summed E-state index contributed by atoms with van der Waals surface area (Å²) in [5.41, 5.74) is 16.7. The van der Waals surface area contributed by atoms with E-state index in [1.54, 1.807) is 7.11 Å². The van der Waals surface area contributed by atoms with Crippen LogP contribution in [0.3, 0.4) is 0 Å². The molecule has 0 aromatic heterocycles. The van der Waals surface area contributed by atoms with E-state index in [-0.39, 0.29) is 40.1 Å². The standard InChI is InChI=1S/C21H34N2O3.C21H32N2O3.C14H21N.C14H20N/c1-15(2)20-21(3,4)17-13-16(7-8-18(17)23(20)5)14-22-19(24)9-10-26-12-11-25-6;1-15(2)20-21(3,4)17-13-16(7-8-18(17)23(20)5)14-22-19(25)9-12-26-11-6-10-24;2*1-10(2)13-14(3,4)11-8-6-7-9-12(11)15(13)5/h7-8,13,15,20H,9-12,14H2,1-6H3,(H,22,24);7-8,13,15,24H,6,9-12,14H2,1-5H3;6-10,13H,1-5H3;6-10H,1-5H3/q;;;+1/p+1. The van der Waals surface area contributed by atoms with Crippen LogP contribution in [0.25, 0.3) is 0 Å². The van der Waals surface area contributed by atoms with E-state index in [1.807, 2.05) is 0 Å². The summed E-state index contributed by atoms with van der Waals surface area (Å²) in [6.07, 6.45) is 1.32. The van der Waals surface area contributed by atoms with Crippen molar-refractivity contribution in [3.63, 3.8) is 0 Å². The number of ether oxygens (including phenoxy) is 3. The molecule has 12 heteroatoms. The van der Waals surface area contributed by atoms with Crippen LogP contribution in [0.4, 0.5) is 22.7 Å². The van der Waals surface area contributed by atoms with E-state index >= 15 is 0 Å². The maximum atomic E-state index is 12.0. The fourth-order valence-corrected chi connectivity index (χ4v) is 14.8. The molecule has 4 aliphatic rings. The highest BCUT2D eigenvalue weighted by molar-refractivity contribution is 5.97. The molecule has 0 fully saturated rings. The summed E-state index contributed by atoms with van der Waals surface area (Å²) in [6, 6.07) is 31.6. The number of rotatable bonds is 20. The molecular weight excluding hydrogens is 1020 g/mol. The van der Waals surface area contributed by atoms with Crippen molar-refractivity contribution in [3.05, 3.63) is 118 Å². The number of para-hydroxylation sites is 2. The molecule has 452 valence electrons. The molecule has 0 saturated heterocycles. The van der Waals surface area contributed by atoms with Gasteiger partial charge in [0, 0.05) is 130 Å². The molecule has 0 bridgehead atoms. The third kappa shape index (κ3) is 15.3. The Morgan fingerprint density at radius 3 is 1.45 bits per heavy atom. The van der Waals surface area contributed by atoms with Crippen LogP contribution in [0.15, 0.2) is 84.9 Å². The largest absolute Gasteiger partial charge is 0.396 e. The molecule has 2 amide bonds. The number of aliphatic hydroxyl groups excluding tert-OH is 1. The van der Waals surface area contributed by atoms with Gasteiger partial charge in [0.25, 0.3) is 0 Å². The lowest BCUT2D eigenvalue weighted by Crippen LogP contribution is -2.43. The molecule has 3 N–H and O–H groups in total. The van der Waals surface area contributed by atoms with Crippen molar-refractivity contribution in [2.24, 2.45) is 23.7 Å². The molecule has 2 unspecified atom stereocenters. The maximum Gasteiger partial charge on any atom is 0.222 e. The van der Waals surface area contributed by atoms with Crippen molar-refractivity contribution >= 4 is 46.0 Å². The van der Waals surface area contributed by atoms with Crippen molar-refractivity contribution in [1.29, 1.82) is 0 Å². The Labute approximate surface area is 496 Å². The molecule has 4 aromatic rings. The maximum absolute atomic E-state index is 12.0. The summed E-state index contributed by atoms with van der Waals surface area (Å²) in [5, 5.41) is 14.6. The molecule has 12 nitrogen and oxygen atoms in total. The van der Waals surface area contributed by atoms with Gasteiger partial charge in [-0.15, -0.1) is 0 Å². The molecule has 0 aliphatic carbocycles. The lowest BCUT2D eigenvalue weighted by molar-refractivity contribution is -0.405. The zero-order valence-electron chi connectivity index (χ0n) is 54.6. The van der Waals surface area contributed by atoms with Gasteiger partial charge in [0.15, 0.2) is 11.4 Å². The first kappa shape index (κ1) is 67.4. The highest BCUT2D eigenvalue weighted by Gasteiger charge is 2.48. The number of nitrogens with one attached hydrogen (secondary N) is 2. The minimum absolute atomic E-state index is 0.00118. The number of hydrogen-bond acceptors (Lipinski definition) is 8. The molecule has 0 radical (unpaired) electrons. The zero-order valence-corrected chi connectivity index (χ0v) is 54.6. The number of carbonyl (C=O) groups excluding carboxylic acids is 2. The zero-order chi connectivity index (χ0) is 61.1. The van der Waals surface area contributed by atoms with E-state index in [2.05, 4.69) is 253 Å². The van der Waals surface area contributed by atoms with E-state index in [1.165, 1.54) is 56.4 Å². The predicted molar refractivity (Wildman–Crippen MR) is 341 cm³/mol. The van der Waals surface area contributed by atoms with Gasteiger partial charge in [0.05, 0.1) is 37.3 Å². The fraction of sp³-hybridized carbons (Fsp3) is 0.600. The van der Waals surface area contributed by atoms with Gasteiger partial charge in [-0.2, -0.15) is 0 Å². The fourth-order valence-electron chi connectivity index (χ4n) is 14.8. The van der Waals surface area contributed by atoms with Gasteiger partial charge in [-0.25, -0.2) is 9.15 Å². The first-order chi connectivity index (χ1) is 38.5. The number of nitrogens with zero attached hydrogens (tertiary/aromatic N) is 4. The van der Waals surface area contributed by atoms with Crippen molar-refractivity contribution in [1.82, 2.24) is 10.6 Å². The van der Waals surface area contributed by atoms with Crippen molar-refractivity contribution in [2.75, 3.05) is 84.7 Å². The highest BCUT2D eigenvalue weighted by Crippen LogP contribution is 2.49. The van der Waals surface area contributed by atoms with E-state index in [0.717, 1.165) is 11.1 Å². The van der Waals surface area contributed by atoms with Crippen LogP contribution >= 0.6 is 0 Å². The average Bonchev–Trinajstić information content (AvgIpc) is 4.14. The van der Waals surface area contributed by atoms with E-state index in [0.29, 0.717) is 101 Å². The van der Waals surface area contributed by atoms with Gasteiger partial charge in [0.1, 0.15) is 14.1 Å². The molecule has 4 aromatic carbocycles. The second-order valence-corrected chi connectivity index (χ2v) is 26.6. The van der Waals surface area contributed by atoms with Crippen LogP contribution in [0.1, 0.15) is 163 Å². The Morgan fingerprint density at radius 2 is 0.976 bits per heavy atom. The Kier molecular flexibility index (Phi) is 23.8. The number of hydrogen-bond donors (Lipinski definition) is 3. The van der Waals surface area contributed by atoms with Crippen LogP contribution in [0, 0.1) is 23.7 Å². The van der Waals surface area contributed by atoms with Crippen molar-refractivity contribution in [2.45, 2.75) is 177 Å². The minimum atomic E-state index is -0.0136. The summed E-state index contributed by atoms with van der Waals surface area (Å²) < 4.78 is 20.2. The second-order valence-electron chi connectivity index (χ2n) is 26.6. The first-order valence-corrected chi connectivity index (χ1v) is 30.4. The Hall–Kier alpha value is -5.40. The van der Waals surface area contributed by atoms with E-state index in [9.17, 15) is 9.59 Å². The number of likely N-dealkylation sites (N-methyl/N-ethyl adjacent to an activating group) is 2. The van der Waals surface area contributed by atoms with Gasteiger partial charge in [-0.3, -0.25) is 9.59 Å². The summed E-state index contributed by atoms with van der Waals surface area (Å²) in [5.74, 6) is 2.33. The topological polar surface area (TPSA) is 119 Å². The number of amides is 2. The predicted octanol–water partition coefficient (Wildman–Crippen LogP) is 12.6. The summed E-state index contributed by atoms with van der Waals surface area (Å²) in [4.78, 5) is 28.8. The normalized spacial score (nSPS) is 18.4. The Morgan fingerprint density at radius 1 is 0.549 bits per heavy atom.